The number of nitrogens with two attached hydrogens (primary N) is 1. The zero-order chi connectivity index (χ0) is 29.2. The van der Waals surface area contributed by atoms with Gasteiger partial charge < -0.3 is 24.9 Å². The molecule has 2 aliphatic heterocycles. The van der Waals surface area contributed by atoms with Crippen molar-refractivity contribution in [3.63, 3.8) is 0 Å². The minimum Gasteiger partial charge on any atom is -0.760 e. The van der Waals surface area contributed by atoms with E-state index < -0.39 is 17.7 Å². The predicted molar refractivity (Wildman–Crippen MR) is 158 cm³/mol. The van der Waals surface area contributed by atoms with Gasteiger partial charge in [0.25, 0.3) is 6.43 Å². The standard InChI is InChI=1S/C29H33F2N7O3S/c30-27(31)17-36-11-13-37(14-12-36)21-4-1-19(2-5-21)25-16-23-28(33-18-34-29(23)35-25)20-3-6-26(24(32)15-20)41-22-7-9-38(10-8-22)42(39)40/h1-6,15-16,18,22,27H,7-14,17,32H2,(H,39,40)(H,33,34,35)/p-1. The molecule has 0 radical (unpaired) electrons. The zero-order valence-corrected chi connectivity index (χ0v) is 23.7. The Morgan fingerprint density at radius 2 is 1.71 bits per heavy atom. The largest absolute Gasteiger partial charge is 0.760 e. The molecule has 4 heterocycles. The van der Waals surface area contributed by atoms with Crippen molar-refractivity contribution in [2.24, 2.45) is 0 Å². The second-order valence-electron chi connectivity index (χ2n) is 10.6. The Labute approximate surface area is 244 Å². The van der Waals surface area contributed by atoms with Crippen molar-refractivity contribution < 1.29 is 22.3 Å². The second kappa shape index (κ2) is 12.3. The SMILES string of the molecule is Nc1cc(-c2ncnc3[nH]c(-c4ccc(N5CCN(CC(F)F)CC5)cc4)cc23)ccc1OC1CCN(S(=O)[O-])CC1. The van der Waals surface area contributed by atoms with Crippen LogP contribution in [0.2, 0.25) is 0 Å². The topological polar surface area (TPSA) is 127 Å². The molecule has 42 heavy (non-hydrogen) atoms. The van der Waals surface area contributed by atoms with Gasteiger partial charge in [0.05, 0.1) is 17.9 Å². The second-order valence-corrected chi connectivity index (χ2v) is 11.6. The highest BCUT2D eigenvalue weighted by molar-refractivity contribution is 7.76. The Hall–Kier alpha value is -3.65. The van der Waals surface area contributed by atoms with Gasteiger partial charge in [0, 0.05) is 72.9 Å². The number of alkyl halides is 2. The quantitative estimate of drug-likeness (QED) is 0.232. The fourth-order valence-corrected chi connectivity index (χ4v) is 6.15. The number of aromatic amines is 1. The van der Waals surface area contributed by atoms with E-state index in [4.69, 9.17) is 10.5 Å². The number of piperazine rings is 1. The molecule has 2 saturated heterocycles. The molecule has 1 atom stereocenters. The number of ether oxygens (including phenoxy) is 1. The number of fused-ring (bicyclic) bond motifs is 1. The van der Waals surface area contributed by atoms with E-state index in [9.17, 15) is 17.5 Å². The lowest BCUT2D eigenvalue weighted by molar-refractivity contribution is 0.0854. The van der Waals surface area contributed by atoms with E-state index >= 15 is 0 Å². The zero-order valence-electron chi connectivity index (χ0n) is 22.9. The van der Waals surface area contributed by atoms with Crippen molar-refractivity contribution in [3.05, 3.63) is 54.9 Å². The molecule has 0 bridgehead atoms. The van der Waals surface area contributed by atoms with Crippen LogP contribution in [0.5, 0.6) is 5.75 Å². The van der Waals surface area contributed by atoms with Crippen molar-refractivity contribution >= 4 is 33.7 Å². The van der Waals surface area contributed by atoms with Crippen LogP contribution in [-0.2, 0) is 11.3 Å². The van der Waals surface area contributed by atoms with Crippen LogP contribution >= 0.6 is 0 Å². The first-order chi connectivity index (χ1) is 20.3. The maximum absolute atomic E-state index is 12.7. The average molecular weight is 597 g/mol. The van der Waals surface area contributed by atoms with Gasteiger partial charge in [-0.1, -0.05) is 12.1 Å². The van der Waals surface area contributed by atoms with Crippen LogP contribution in [-0.4, -0.2) is 91.3 Å². The third kappa shape index (κ3) is 6.24. The fraction of sp³-hybridized carbons (Fsp3) is 0.379. The number of nitrogen functional groups attached to an aromatic ring is 1. The van der Waals surface area contributed by atoms with Gasteiger partial charge in [-0.15, -0.1) is 0 Å². The molecule has 6 rings (SSSR count). The van der Waals surface area contributed by atoms with Gasteiger partial charge in [0.1, 0.15) is 23.8 Å². The van der Waals surface area contributed by atoms with Gasteiger partial charge in [-0.25, -0.2) is 23.1 Å². The molecule has 0 amide bonds. The highest BCUT2D eigenvalue weighted by atomic mass is 32.2. The summed E-state index contributed by atoms with van der Waals surface area (Å²) in [7, 11) is 0. The van der Waals surface area contributed by atoms with E-state index in [-0.39, 0.29) is 12.6 Å². The molecule has 10 nitrogen and oxygen atoms in total. The Bertz CT molecular complexity index is 1550. The van der Waals surface area contributed by atoms with Crippen LogP contribution in [0, 0.1) is 0 Å². The summed E-state index contributed by atoms with van der Waals surface area (Å²) in [4.78, 5) is 16.4. The van der Waals surface area contributed by atoms with Crippen LogP contribution in [0.1, 0.15) is 12.8 Å². The molecule has 0 spiro atoms. The Morgan fingerprint density at radius 1 is 1.00 bits per heavy atom. The van der Waals surface area contributed by atoms with Crippen LogP contribution < -0.4 is 15.4 Å². The highest BCUT2D eigenvalue weighted by Crippen LogP contribution is 2.34. The number of piperidine rings is 1. The summed E-state index contributed by atoms with van der Waals surface area (Å²) in [5.41, 5.74) is 12.1. The normalized spacial score (nSPS) is 18.1. The van der Waals surface area contributed by atoms with Crippen LogP contribution in [0.4, 0.5) is 20.2 Å². The summed E-state index contributed by atoms with van der Waals surface area (Å²) in [6.45, 7) is 3.36. The predicted octanol–water partition coefficient (Wildman–Crippen LogP) is 3.90. The summed E-state index contributed by atoms with van der Waals surface area (Å²) in [6.07, 6.45) is 0.323. The number of anilines is 2. The monoisotopic (exact) mass is 596 g/mol. The van der Waals surface area contributed by atoms with Gasteiger partial charge in [0.15, 0.2) is 0 Å². The summed E-state index contributed by atoms with van der Waals surface area (Å²) < 4.78 is 55.2. The number of nitrogens with zero attached hydrogens (tertiary/aromatic N) is 5. The Kier molecular flexibility index (Phi) is 8.34. The van der Waals surface area contributed by atoms with E-state index in [1.807, 2.05) is 36.4 Å². The highest BCUT2D eigenvalue weighted by Gasteiger charge is 2.23. The number of H-pyrrole nitrogens is 1. The average Bonchev–Trinajstić information content (AvgIpc) is 3.43. The summed E-state index contributed by atoms with van der Waals surface area (Å²) in [5.74, 6) is 0.566. The molecule has 4 aromatic rings. The van der Waals surface area contributed by atoms with Gasteiger partial charge >= 0.3 is 0 Å². The molecule has 0 saturated carbocycles. The number of benzene rings is 2. The minimum atomic E-state index is -2.30. The lowest BCUT2D eigenvalue weighted by atomic mass is 10.1. The van der Waals surface area contributed by atoms with Crippen LogP contribution in [0.25, 0.3) is 33.5 Å². The molecule has 2 fully saturated rings. The lowest BCUT2D eigenvalue weighted by Crippen LogP contribution is -2.47. The molecule has 2 aromatic carbocycles. The van der Waals surface area contributed by atoms with Crippen molar-refractivity contribution in [2.75, 3.05) is 56.4 Å². The molecular formula is C29H32F2N7O3S-. The minimum absolute atomic E-state index is 0.0996. The van der Waals surface area contributed by atoms with Crippen molar-refractivity contribution in [3.8, 4) is 28.3 Å². The number of aromatic nitrogens is 3. The van der Waals surface area contributed by atoms with Crippen molar-refractivity contribution in [1.82, 2.24) is 24.2 Å². The Balaban J connectivity index is 1.16. The van der Waals surface area contributed by atoms with Gasteiger partial charge in [-0.05, 0) is 54.8 Å². The van der Waals surface area contributed by atoms with Crippen molar-refractivity contribution in [2.45, 2.75) is 25.4 Å². The molecular weight excluding hydrogens is 564 g/mol. The smallest absolute Gasteiger partial charge is 0.251 e. The molecule has 13 heteroatoms. The number of hydrogen-bond donors (Lipinski definition) is 2. The summed E-state index contributed by atoms with van der Waals surface area (Å²) in [5, 5.41) is 0.859. The third-order valence-corrected chi connectivity index (χ3v) is 8.71. The van der Waals surface area contributed by atoms with Gasteiger partial charge in [-0.3, -0.25) is 9.11 Å². The first-order valence-corrected chi connectivity index (χ1v) is 15.0. The maximum atomic E-state index is 12.7. The molecule has 222 valence electrons. The number of nitrogens with one attached hydrogen (secondary N) is 1. The van der Waals surface area contributed by atoms with E-state index in [1.165, 1.54) is 10.6 Å². The molecule has 0 aliphatic carbocycles. The van der Waals surface area contributed by atoms with E-state index in [2.05, 4.69) is 32.0 Å². The Morgan fingerprint density at radius 3 is 2.38 bits per heavy atom. The maximum Gasteiger partial charge on any atom is 0.251 e. The summed E-state index contributed by atoms with van der Waals surface area (Å²) >= 11 is -2.20. The van der Waals surface area contributed by atoms with E-state index in [1.54, 1.807) is 4.90 Å². The first-order valence-electron chi connectivity index (χ1n) is 13.9. The fourth-order valence-electron chi connectivity index (χ4n) is 5.64. The van der Waals surface area contributed by atoms with E-state index in [0.29, 0.717) is 69.2 Å². The number of rotatable bonds is 8. The number of halogens is 2. The van der Waals surface area contributed by atoms with Gasteiger partial charge in [0.2, 0.25) is 0 Å². The van der Waals surface area contributed by atoms with E-state index in [0.717, 1.165) is 33.6 Å². The van der Waals surface area contributed by atoms with Crippen LogP contribution in [0.3, 0.4) is 0 Å². The first kappa shape index (κ1) is 28.5. The molecule has 3 N–H and O–H groups in total. The molecule has 2 aliphatic rings. The molecule has 2 aromatic heterocycles. The van der Waals surface area contributed by atoms with Crippen molar-refractivity contribution in [1.29, 1.82) is 0 Å². The molecule has 1 unspecified atom stereocenters. The number of hydrogen-bond acceptors (Lipinski definition) is 8. The van der Waals surface area contributed by atoms with Crippen LogP contribution in [0.15, 0.2) is 54.9 Å². The third-order valence-electron chi connectivity index (χ3n) is 7.93. The van der Waals surface area contributed by atoms with Gasteiger partial charge in [-0.2, -0.15) is 0 Å². The lowest BCUT2D eigenvalue weighted by Gasteiger charge is -2.35. The summed E-state index contributed by atoms with van der Waals surface area (Å²) in [6, 6.07) is 15.8.